The summed E-state index contributed by atoms with van der Waals surface area (Å²) in [5.41, 5.74) is 2.87. The monoisotopic (exact) mass is 398 g/mol. The fourth-order valence-electron chi connectivity index (χ4n) is 4.11. The number of H-pyrrole nitrogens is 1. The second-order valence-electron chi connectivity index (χ2n) is 7.52. The lowest BCUT2D eigenvalue weighted by atomic mass is 9.77. The quantitative estimate of drug-likeness (QED) is 0.681. The number of hydrogen-bond acceptors (Lipinski definition) is 6. The number of nitrogens with one attached hydrogen (secondary N) is 2. The summed E-state index contributed by atoms with van der Waals surface area (Å²) in [6.07, 6.45) is 8.69. The van der Waals surface area contributed by atoms with Crippen molar-refractivity contribution in [3.63, 3.8) is 0 Å². The van der Waals surface area contributed by atoms with Crippen molar-refractivity contribution in [1.82, 2.24) is 24.7 Å². The lowest BCUT2D eigenvalue weighted by molar-refractivity contribution is 0.234. The zero-order valence-corrected chi connectivity index (χ0v) is 16.4. The molecule has 9 heteroatoms. The maximum atomic E-state index is 12.0. The largest absolute Gasteiger partial charge is 0.339 e. The number of hydrogen-bond donors (Lipinski definition) is 2. The van der Waals surface area contributed by atoms with E-state index in [-0.39, 0.29) is 5.92 Å². The zero-order chi connectivity index (χ0) is 19.7. The Kier molecular flexibility index (Phi) is 5.00. The van der Waals surface area contributed by atoms with E-state index in [1.807, 2.05) is 12.1 Å². The first-order valence-electron chi connectivity index (χ1n) is 9.38. The molecule has 0 aliphatic heterocycles. The smallest absolute Gasteiger partial charge is 0.209 e. The van der Waals surface area contributed by atoms with Crippen LogP contribution >= 0.6 is 0 Å². The van der Waals surface area contributed by atoms with Crippen LogP contribution in [0.3, 0.4) is 0 Å². The summed E-state index contributed by atoms with van der Waals surface area (Å²) in [6.45, 7) is 0. The van der Waals surface area contributed by atoms with Gasteiger partial charge in [0.15, 0.2) is 0 Å². The van der Waals surface area contributed by atoms with Crippen molar-refractivity contribution < 1.29 is 8.42 Å². The molecule has 2 N–H and O–H groups in total. The Labute approximate surface area is 163 Å². The van der Waals surface area contributed by atoms with Gasteiger partial charge < -0.3 is 4.98 Å². The van der Waals surface area contributed by atoms with E-state index in [0.717, 1.165) is 36.7 Å². The first-order chi connectivity index (χ1) is 13.4. The fraction of sp³-hybridized carbons (Fsp3) is 0.474. The van der Waals surface area contributed by atoms with E-state index in [0.29, 0.717) is 29.2 Å². The molecule has 28 heavy (non-hydrogen) atoms. The number of nitriles is 1. The highest BCUT2D eigenvalue weighted by atomic mass is 32.2. The van der Waals surface area contributed by atoms with Crippen LogP contribution in [0.25, 0.3) is 22.1 Å². The van der Waals surface area contributed by atoms with E-state index >= 15 is 0 Å². The van der Waals surface area contributed by atoms with Gasteiger partial charge in [-0.2, -0.15) is 5.26 Å². The first-order valence-corrected chi connectivity index (χ1v) is 11.3. The van der Waals surface area contributed by atoms with Crippen LogP contribution < -0.4 is 4.72 Å². The Morgan fingerprint density at radius 2 is 2.07 bits per heavy atom. The molecular weight excluding hydrogens is 376 g/mol. The summed E-state index contributed by atoms with van der Waals surface area (Å²) >= 11 is 0. The van der Waals surface area contributed by atoms with Gasteiger partial charge >= 0.3 is 0 Å². The topological polar surface area (TPSA) is 124 Å². The highest BCUT2D eigenvalue weighted by Gasteiger charge is 2.32. The lowest BCUT2D eigenvalue weighted by Gasteiger charge is -2.32. The molecule has 0 radical (unpaired) electrons. The van der Waals surface area contributed by atoms with E-state index in [4.69, 9.17) is 10.2 Å². The average molecular weight is 398 g/mol. The summed E-state index contributed by atoms with van der Waals surface area (Å²) in [5, 5.41) is 8.92. The molecule has 1 aliphatic carbocycles. The zero-order valence-electron chi connectivity index (χ0n) is 15.6. The molecule has 3 aromatic heterocycles. The maximum absolute atomic E-state index is 12.0. The van der Waals surface area contributed by atoms with Gasteiger partial charge in [-0.05, 0) is 49.7 Å². The molecule has 0 spiro atoms. The van der Waals surface area contributed by atoms with Crippen LogP contribution in [0, 0.1) is 23.2 Å². The summed E-state index contributed by atoms with van der Waals surface area (Å²) in [5.74, 6) is 1.11. The maximum Gasteiger partial charge on any atom is 0.209 e. The van der Waals surface area contributed by atoms with E-state index < -0.39 is 16.1 Å². The molecule has 0 bridgehead atoms. The molecule has 146 valence electrons. The number of aromatic amines is 1. The molecule has 0 amide bonds. The number of fused-ring (bicyclic) bond motifs is 3. The van der Waals surface area contributed by atoms with Crippen LogP contribution in [0.1, 0.15) is 44.0 Å². The van der Waals surface area contributed by atoms with Crippen molar-refractivity contribution >= 4 is 32.1 Å². The molecule has 1 aliphatic rings. The van der Waals surface area contributed by atoms with Crippen LogP contribution in [-0.4, -0.2) is 34.6 Å². The van der Waals surface area contributed by atoms with Gasteiger partial charge in [-0.3, -0.25) is 9.97 Å². The van der Waals surface area contributed by atoms with Crippen molar-refractivity contribution in [1.29, 1.82) is 5.26 Å². The lowest BCUT2D eigenvalue weighted by Crippen LogP contribution is -2.35. The normalized spacial score (nSPS) is 21.6. The first kappa shape index (κ1) is 18.8. The predicted octanol–water partition coefficient (Wildman–Crippen LogP) is 2.82. The molecule has 0 aromatic carbocycles. The minimum atomic E-state index is -3.42. The van der Waals surface area contributed by atoms with Gasteiger partial charge in [-0.25, -0.2) is 18.1 Å². The SMILES string of the molecule is CS(=O)(=O)NC(c1nc2c(cnc3cccnc32)[nH]1)C1CCC(CC#N)CC1. The minimum Gasteiger partial charge on any atom is -0.339 e. The van der Waals surface area contributed by atoms with E-state index in [1.165, 1.54) is 6.26 Å². The molecule has 4 rings (SSSR count). The van der Waals surface area contributed by atoms with Crippen LogP contribution in [-0.2, 0) is 10.0 Å². The van der Waals surface area contributed by atoms with Gasteiger partial charge in [-0.15, -0.1) is 0 Å². The third-order valence-electron chi connectivity index (χ3n) is 5.47. The van der Waals surface area contributed by atoms with Crippen LogP contribution in [0.5, 0.6) is 0 Å². The van der Waals surface area contributed by atoms with Gasteiger partial charge in [0.2, 0.25) is 10.0 Å². The number of aromatic nitrogens is 4. The Bertz CT molecular complexity index is 1140. The molecule has 1 unspecified atom stereocenters. The van der Waals surface area contributed by atoms with Crippen LogP contribution in [0.2, 0.25) is 0 Å². The third-order valence-corrected chi connectivity index (χ3v) is 6.15. The molecule has 1 atom stereocenters. The Morgan fingerprint density at radius 1 is 1.29 bits per heavy atom. The molecule has 0 saturated heterocycles. The van der Waals surface area contributed by atoms with Gasteiger partial charge in [0.05, 0.1) is 35.6 Å². The standard InChI is InChI=1S/C19H22N6O2S/c1-28(26,27)25-16(13-6-4-12(5-7-13)8-9-20)19-23-15-11-22-14-3-2-10-21-17(14)18(15)24-19/h2-3,10-13,16,25H,4-8H2,1H3,(H,23,24). The highest BCUT2D eigenvalue weighted by Crippen LogP contribution is 2.38. The van der Waals surface area contributed by atoms with E-state index in [1.54, 1.807) is 12.4 Å². The Morgan fingerprint density at radius 3 is 2.79 bits per heavy atom. The molecule has 8 nitrogen and oxygen atoms in total. The van der Waals surface area contributed by atoms with Gasteiger partial charge in [0.1, 0.15) is 16.9 Å². The summed E-state index contributed by atoms with van der Waals surface area (Å²) in [4.78, 5) is 16.8. The summed E-state index contributed by atoms with van der Waals surface area (Å²) in [6, 6.07) is 5.50. The second kappa shape index (κ2) is 7.45. The molecule has 3 heterocycles. The van der Waals surface area contributed by atoms with Gasteiger partial charge in [0, 0.05) is 12.6 Å². The Balaban J connectivity index is 1.71. The van der Waals surface area contributed by atoms with Gasteiger partial charge in [-0.1, -0.05) is 0 Å². The van der Waals surface area contributed by atoms with E-state index in [9.17, 15) is 8.42 Å². The minimum absolute atomic E-state index is 0.123. The number of imidazole rings is 1. The third kappa shape index (κ3) is 3.84. The Hall–Kier alpha value is -2.57. The van der Waals surface area contributed by atoms with Crippen molar-refractivity contribution in [3.8, 4) is 6.07 Å². The highest BCUT2D eigenvalue weighted by molar-refractivity contribution is 7.88. The molecule has 1 fully saturated rings. The van der Waals surface area contributed by atoms with Crippen molar-refractivity contribution in [2.75, 3.05) is 6.26 Å². The molecule has 1 saturated carbocycles. The van der Waals surface area contributed by atoms with Crippen molar-refractivity contribution in [2.45, 2.75) is 38.1 Å². The molecule has 3 aromatic rings. The van der Waals surface area contributed by atoms with Crippen LogP contribution in [0.15, 0.2) is 24.5 Å². The fourth-order valence-corrected chi connectivity index (χ4v) is 4.87. The van der Waals surface area contributed by atoms with Crippen molar-refractivity contribution in [3.05, 3.63) is 30.4 Å². The number of rotatable bonds is 5. The van der Waals surface area contributed by atoms with Crippen LogP contribution in [0.4, 0.5) is 0 Å². The second-order valence-corrected chi connectivity index (χ2v) is 9.30. The summed E-state index contributed by atoms with van der Waals surface area (Å²) in [7, 11) is -3.42. The predicted molar refractivity (Wildman–Crippen MR) is 106 cm³/mol. The van der Waals surface area contributed by atoms with Gasteiger partial charge in [0.25, 0.3) is 0 Å². The van der Waals surface area contributed by atoms with Crippen molar-refractivity contribution in [2.24, 2.45) is 11.8 Å². The number of pyridine rings is 2. The average Bonchev–Trinajstić information content (AvgIpc) is 3.11. The number of nitrogens with zero attached hydrogens (tertiary/aromatic N) is 4. The van der Waals surface area contributed by atoms with E-state index in [2.05, 4.69) is 25.7 Å². The molecular formula is C19H22N6O2S. The summed E-state index contributed by atoms with van der Waals surface area (Å²) < 4.78 is 26.8. The number of sulfonamides is 1.